The zero-order chi connectivity index (χ0) is 19.3. The van der Waals surface area contributed by atoms with Gasteiger partial charge in [-0.15, -0.1) is 6.42 Å². The van der Waals surface area contributed by atoms with E-state index in [0.29, 0.717) is 11.3 Å². The number of carbonyl (C=O) groups is 2. The van der Waals surface area contributed by atoms with Crippen LogP contribution in [0.3, 0.4) is 0 Å². The number of terminal acetylenes is 1. The molecule has 2 aromatic rings. The third-order valence-corrected chi connectivity index (χ3v) is 5.99. The highest BCUT2D eigenvalue weighted by atomic mass is 16.5. The average molecular weight is 370 g/mol. The number of rotatable bonds is 4. The van der Waals surface area contributed by atoms with Gasteiger partial charge in [0.25, 0.3) is 11.8 Å². The Morgan fingerprint density at radius 1 is 1.11 bits per heavy atom. The van der Waals surface area contributed by atoms with Gasteiger partial charge in [0.2, 0.25) is 0 Å². The second-order valence-electron chi connectivity index (χ2n) is 7.42. The molecule has 3 aliphatic rings. The van der Waals surface area contributed by atoms with Crippen molar-refractivity contribution in [3.63, 3.8) is 0 Å². The van der Waals surface area contributed by atoms with Gasteiger partial charge in [-0.1, -0.05) is 48.4 Å². The molecule has 5 heteroatoms. The smallest absolute Gasteiger partial charge is 0.254 e. The molecule has 138 valence electrons. The fraction of sp³-hybridized carbons (Fsp3) is 0.261. The van der Waals surface area contributed by atoms with Crippen LogP contribution in [0.1, 0.15) is 12.0 Å². The van der Waals surface area contributed by atoms with E-state index in [4.69, 9.17) is 11.2 Å². The number of hydrazone groups is 1. The minimum absolute atomic E-state index is 0.125. The van der Waals surface area contributed by atoms with Crippen LogP contribution >= 0.6 is 0 Å². The number of hydrogen-bond donors (Lipinski definition) is 0. The lowest BCUT2D eigenvalue weighted by Gasteiger charge is -2.13. The molecule has 2 aromatic carbocycles. The van der Waals surface area contributed by atoms with Crippen LogP contribution in [0.15, 0.2) is 53.7 Å². The first-order valence-corrected chi connectivity index (χ1v) is 9.37. The lowest BCUT2D eigenvalue weighted by Crippen LogP contribution is -2.28. The van der Waals surface area contributed by atoms with E-state index >= 15 is 0 Å². The number of allylic oxidation sites excluding steroid dienone is 2. The third kappa shape index (κ3) is 2.38. The van der Waals surface area contributed by atoms with Crippen molar-refractivity contribution in [3.05, 3.63) is 54.1 Å². The van der Waals surface area contributed by atoms with Gasteiger partial charge in [0.15, 0.2) is 0 Å². The topological polar surface area (TPSA) is 59.0 Å². The van der Waals surface area contributed by atoms with Crippen LogP contribution in [-0.2, 0) is 9.59 Å². The molecule has 2 aliphatic carbocycles. The summed E-state index contributed by atoms with van der Waals surface area (Å²) in [5.74, 6) is 2.44. The first-order chi connectivity index (χ1) is 13.7. The molecule has 2 fully saturated rings. The Hall–Kier alpha value is -3.39. The molecule has 0 unspecified atom stereocenters. The van der Waals surface area contributed by atoms with E-state index in [0.717, 1.165) is 22.2 Å². The molecule has 1 heterocycles. The maximum absolute atomic E-state index is 12.8. The van der Waals surface area contributed by atoms with Crippen LogP contribution in [0, 0.1) is 36.0 Å². The van der Waals surface area contributed by atoms with Gasteiger partial charge in [-0.2, -0.15) is 10.1 Å². The van der Waals surface area contributed by atoms with E-state index < -0.39 is 0 Å². The second-order valence-corrected chi connectivity index (χ2v) is 7.42. The fourth-order valence-corrected chi connectivity index (χ4v) is 4.77. The van der Waals surface area contributed by atoms with Gasteiger partial charge in [-0.25, -0.2) is 0 Å². The molecule has 0 N–H and O–H groups in total. The van der Waals surface area contributed by atoms with Crippen molar-refractivity contribution >= 4 is 28.8 Å². The summed E-state index contributed by atoms with van der Waals surface area (Å²) in [6, 6.07) is 11.6. The van der Waals surface area contributed by atoms with Crippen LogP contribution in [0.2, 0.25) is 0 Å². The van der Waals surface area contributed by atoms with Gasteiger partial charge in [-0.3, -0.25) is 9.59 Å². The van der Waals surface area contributed by atoms with E-state index in [2.05, 4.69) is 23.2 Å². The van der Waals surface area contributed by atoms with Gasteiger partial charge in [0, 0.05) is 5.56 Å². The molecule has 5 nitrogen and oxygen atoms in total. The number of imide groups is 1. The summed E-state index contributed by atoms with van der Waals surface area (Å²) >= 11 is 0. The highest BCUT2D eigenvalue weighted by molar-refractivity contribution is 6.08. The van der Waals surface area contributed by atoms with Crippen LogP contribution in [0.4, 0.5) is 0 Å². The molecule has 28 heavy (non-hydrogen) atoms. The first kappa shape index (κ1) is 16.8. The predicted molar refractivity (Wildman–Crippen MR) is 105 cm³/mol. The maximum Gasteiger partial charge on any atom is 0.254 e. The highest BCUT2D eigenvalue weighted by Crippen LogP contribution is 2.52. The molecule has 0 spiro atoms. The zero-order valence-corrected chi connectivity index (χ0v) is 15.1. The molecule has 2 bridgehead atoms. The Balaban J connectivity index is 1.52. The van der Waals surface area contributed by atoms with Crippen molar-refractivity contribution in [1.29, 1.82) is 0 Å². The van der Waals surface area contributed by atoms with Crippen molar-refractivity contribution in [2.24, 2.45) is 28.8 Å². The molecule has 0 aromatic heterocycles. The monoisotopic (exact) mass is 370 g/mol. The number of benzene rings is 2. The Labute approximate surface area is 162 Å². The number of ether oxygens (including phenoxy) is 1. The molecule has 0 radical (unpaired) electrons. The molecular weight excluding hydrogens is 352 g/mol. The van der Waals surface area contributed by atoms with E-state index in [9.17, 15) is 9.59 Å². The Bertz CT molecular complexity index is 1060. The van der Waals surface area contributed by atoms with Crippen molar-refractivity contribution < 1.29 is 14.3 Å². The number of nitrogens with zero attached hydrogens (tertiary/aromatic N) is 2. The van der Waals surface area contributed by atoms with E-state index in [-0.39, 0.29) is 42.1 Å². The van der Waals surface area contributed by atoms with Crippen molar-refractivity contribution in [1.82, 2.24) is 5.01 Å². The van der Waals surface area contributed by atoms with E-state index in [1.54, 1.807) is 6.21 Å². The summed E-state index contributed by atoms with van der Waals surface area (Å²) in [5, 5.41) is 7.28. The lowest BCUT2D eigenvalue weighted by atomic mass is 9.85. The molecule has 1 saturated carbocycles. The van der Waals surface area contributed by atoms with Crippen molar-refractivity contribution in [3.8, 4) is 18.1 Å². The van der Waals surface area contributed by atoms with Gasteiger partial charge < -0.3 is 4.74 Å². The third-order valence-electron chi connectivity index (χ3n) is 5.99. The normalized spacial score (nSPS) is 27.8. The largest absolute Gasteiger partial charge is 0.480 e. The number of amides is 2. The Morgan fingerprint density at radius 2 is 1.82 bits per heavy atom. The number of carbonyl (C=O) groups excluding carboxylic acids is 2. The first-order valence-electron chi connectivity index (χ1n) is 9.37. The fourth-order valence-electron chi connectivity index (χ4n) is 4.77. The van der Waals surface area contributed by atoms with Crippen LogP contribution in [0.5, 0.6) is 5.75 Å². The minimum Gasteiger partial charge on any atom is -0.480 e. The van der Waals surface area contributed by atoms with Gasteiger partial charge >= 0.3 is 0 Å². The average Bonchev–Trinajstić information content (AvgIpc) is 3.39. The zero-order valence-electron chi connectivity index (χ0n) is 15.1. The maximum atomic E-state index is 12.8. The van der Waals surface area contributed by atoms with Crippen LogP contribution < -0.4 is 4.74 Å². The molecule has 2 amide bonds. The quantitative estimate of drug-likeness (QED) is 0.360. The van der Waals surface area contributed by atoms with E-state index in [1.807, 2.05) is 36.4 Å². The van der Waals surface area contributed by atoms with Gasteiger partial charge in [0.05, 0.1) is 18.1 Å². The Morgan fingerprint density at radius 3 is 2.54 bits per heavy atom. The van der Waals surface area contributed by atoms with Crippen molar-refractivity contribution in [2.45, 2.75) is 6.42 Å². The van der Waals surface area contributed by atoms with Crippen LogP contribution in [0.25, 0.3) is 10.8 Å². The molecule has 4 atom stereocenters. The molecule has 1 saturated heterocycles. The molecule has 5 rings (SSSR count). The number of fused-ring (bicyclic) bond motifs is 6. The van der Waals surface area contributed by atoms with Crippen LogP contribution in [-0.4, -0.2) is 29.6 Å². The SMILES string of the molecule is C#CCOc1ccc2ccccc2c1/C=N\N1C(=O)[C@@H]2[C@@H](C1=O)[C@H]1C=C[C@H]2C1. The second kappa shape index (κ2) is 6.35. The summed E-state index contributed by atoms with van der Waals surface area (Å²) < 4.78 is 5.66. The minimum atomic E-state index is -0.260. The molecule has 1 aliphatic heterocycles. The summed E-state index contributed by atoms with van der Waals surface area (Å²) in [6.45, 7) is 0.125. The Kier molecular flexibility index (Phi) is 3.80. The van der Waals surface area contributed by atoms with Crippen molar-refractivity contribution in [2.75, 3.05) is 6.61 Å². The summed E-state index contributed by atoms with van der Waals surface area (Å²) in [7, 11) is 0. The van der Waals surface area contributed by atoms with E-state index in [1.165, 1.54) is 0 Å². The predicted octanol–water partition coefficient (Wildman–Crippen LogP) is 2.99. The highest BCUT2D eigenvalue weighted by Gasteiger charge is 2.59. The molecular formula is C23H18N2O3. The standard InChI is InChI=1S/C23H18N2O3/c1-2-11-28-19-10-9-14-5-3-4-6-17(14)18(19)13-24-25-22(26)20-15-7-8-16(12-15)21(20)23(25)27/h1,3-10,13,15-16,20-21H,11-12H2/b24-13-/t15-,16-,20-,21-/m0/s1. The van der Waals surface area contributed by atoms with Gasteiger partial charge in [0.1, 0.15) is 12.4 Å². The summed E-state index contributed by atoms with van der Waals surface area (Å²) in [6.07, 6.45) is 11.9. The summed E-state index contributed by atoms with van der Waals surface area (Å²) in [4.78, 5) is 25.7. The number of hydrogen-bond acceptors (Lipinski definition) is 4. The summed E-state index contributed by atoms with van der Waals surface area (Å²) in [5.41, 5.74) is 0.701. The lowest BCUT2D eigenvalue weighted by molar-refractivity contribution is -0.140. The van der Waals surface area contributed by atoms with Gasteiger partial charge in [-0.05, 0) is 35.1 Å².